The number of benzene rings is 1. The molecule has 1 heterocycles. The lowest BCUT2D eigenvalue weighted by Gasteiger charge is -2.31. The van der Waals surface area contributed by atoms with Crippen molar-refractivity contribution in [3.8, 4) is 11.6 Å². The number of pyridine rings is 1. The SMILES string of the molecule is Cc1ccc(Oc2ccc(NC(=O)C3CCC3C(=O)O)cn2)cc1C. The van der Waals surface area contributed by atoms with Gasteiger partial charge in [-0.1, -0.05) is 6.07 Å². The second kappa shape index (κ2) is 6.93. The molecule has 1 amide bonds. The number of nitrogens with zero attached hydrogens (tertiary/aromatic N) is 1. The fourth-order valence-electron chi connectivity index (χ4n) is 2.76. The number of nitrogens with one attached hydrogen (secondary N) is 1. The average molecular weight is 340 g/mol. The summed E-state index contributed by atoms with van der Waals surface area (Å²) in [5.74, 6) is -1.12. The Morgan fingerprint density at radius 2 is 1.88 bits per heavy atom. The molecule has 2 unspecified atom stereocenters. The minimum Gasteiger partial charge on any atom is -0.481 e. The number of aromatic nitrogens is 1. The number of rotatable bonds is 5. The molecule has 1 saturated carbocycles. The Kier molecular flexibility index (Phi) is 4.70. The third-order valence-corrected chi connectivity index (χ3v) is 4.63. The molecule has 25 heavy (non-hydrogen) atoms. The number of aryl methyl sites for hydroxylation is 2. The van der Waals surface area contributed by atoms with Gasteiger partial charge < -0.3 is 15.2 Å². The normalized spacial score (nSPS) is 19.0. The summed E-state index contributed by atoms with van der Waals surface area (Å²) in [6.45, 7) is 4.05. The van der Waals surface area contributed by atoms with Gasteiger partial charge in [0.25, 0.3) is 0 Å². The molecule has 6 nitrogen and oxygen atoms in total. The maximum Gasteiger partial charge on any atom is 0.307 e. The monoisotopic (exact) mass is 340 g/mol. The molecule has 0 aliphatic heterocycles. The molecule has 2 aromatic rings. The summed E-state index contributed by atoms with van der Waals surface area (Å²) >= 11 is 0. The van der Waals surface area contributed by atoms with E-state index in [9.17, 15) is 9.59 Å². The minimum atomic E-state index is -0.915. The van der Waals surface area contributed by atoms with Crippen LogP contribution in [0.2, 0.25) is 0 Å². The Morgan fingerprint density at radius 1 is 1.12 bits per heavy atom. The number of ether oxygens (including phenoxy) is 1. The van der Waals surface area contributed by atoms with Crippen LogP contribution >= 0.6 is 0 Å². The fourth-order valence-corrected chi connectivity index (χ4v) is 2.76. The molecule has 0 spiro atoms. The van der Waals surface area contributed by atoms with Crippen molar-refractivity contribution in [2.45, 2.75) is 26.7 Å². The maximum atomic E-state index is 12.1. The summed E-state index contributed by atoms with van der Waals surface area (Å²) in [6, 6.07) is 9.16. The molecule has 1 fully saturated rings. The van der Waals surface area contributed by atoms with Crippen LogP contribution in [0.1, 0.15) is 24.0 Å². The first-order chi connectivity index (χ1) is 11.9. The molecule has 0 radical (unpaired) electrons. The third kappa shape index (κ3) is 3.79. The lowest BCUT2D eigenvalue weighted by Crippen LogP contribution is -2.41. The van der Waals surface area contributed by atoms with Crippen LogP contribution in [0.25, 0.3) is 0 Å². The lowest BCUT2D eigenvalue weighted by atomic mass is 9.73. The van der Waals surface area contributed by atoms with Gasteiger partial charge >= 0.3 is 5.97 Å². The topological polar surface area (TPSA) is 88.5 Å². The van der Waals surface area contributed by atoms with Crippen LogP contribution in [-0.4, -0.2) is 22.0 Å². The molecule has 6 heteroatoms. The van der Waals surface area contributed by atoms with Gasteiger partial charge in [0.1, 0.15) is 5.75 Å². The van der Waals surface area contributed by atoms with E-state index < -0.39 is 17.8 Å². The predicted octanol–water partition coefficient (Wildman–Crippen LogP) is 3.54. The van der Waals surface area contributed by atoms with E-state index >= 15 is 0 Å². The highest BCUT2D eigenvalue weighted by Crippen LogP contribution is 2.35. The van der Waals surface area contributed by atoms with Crippen molar-refractivity contribution in [3.05, 3.63) is 47.7 Å². The Bertz CT molecular complexity index is 802. The zero-order valence-corrected chi connectivity index (χ0v) is 14.2. The minimum absolute atomic E-state index is 0.275. The van der Waals surface area contributed by atoms with E-state index in [1.807, 2.05) is 32.0 Å². The molecule has 1 aromatic carbocycles. The third-order valence-electron chi connectivity index (χ3n) is 4.63. The highest BCUT2D eigenvalue weighted by molar-refractivity contribution is 5.95. The van der Waals surface area contributed by atoms with Crippen LogP contribution in [0.15, 0.2) is 36.5 Å². The molecular weight excluding hydrogens is 320 g/mol. The quantitative estimate of drug-likeness (QED) is 0.869. The number of carbonyl (C=O) groups excluding carboxylic acids is 1. The predicted molar refractivity (Wildman–Crippen MR) is 92.7 cm³/mol. The molecule has 0 bridgehead atoms. The number of carboxylic acid groups (broad SMARTS) is 1. The number of hydrogen-bond donors (Lipinski definition) is 2. The average Bonchev–Trinajstić information content (AvgIpc) is 2.51. The van der Waals surface area contributed by atoms with Crippen molar-refractivity contribution in [2.24, 2.45) is 11.8 Å². The van der Waals surface area contributed by atoms with Gasteiger partial charge in [0.15, 0.2) is 0 Å². The Morgan fingerprint density at radius 3 is 2.44 bits per heavy atom. The second-order valence-electron chi connectivity index (χ2n) is 6.35. The summed E-state index contributed by atoms with van der Waals surface area (Å²) in [5.41, 5.74) is 2.84. The van der Waals surface area contributed by atoms with Gasteiger partial charge in [-0.3, -0.25) is 9.59 Å². The van der Waals surface area contributed by atoms with E-state index in [4.69, 9.17) is 9.84 Å². The lowest BCUT2D eigenvalue weighted by molar-refractivity contribution is -0.151. The molecule has 1 aliphatic carbocycles. The molecule has 130 valence electrons. The van der Waals surface area contributed by atoms with Crippen LogP contribution < -0.4 is 10.1 Å². The number of carboxylic acids is 1. The van der Waals surface area contributed by atoms with Gasteiger partial charge in [-0.25, -0.2) is 4.98 Å². The van der Waals surface area contributed by atoms with Crippen LogP contribution in [0.4, 0.5) is 5.69 Å². The molecule has 2 N–H and O–H groups in total. The molecule has 1 aliphatic rings. The van der Waals surface area contributed by atoms with E-state index in [0.29, 0.717) is 30.2 Å². The van der Waals surface area contributed by atoms with E-state index in [1.165, 1.54) is 11.8 Å². The van der Waals surface area contributed by atoms with Crippen molar-refractivity contribution in [2.75, 3.05) is 5.32 Å². The largest absolute Gasteiger partial charge is 0.481 e. The Balaban J connectivity index is 1.61. The number of amides is 1. The van der Waals surface area contributed by atoms with Gasteiger partial charge in [-0.05, 0) is 56.0 Å². The number of hydrogen-bond acceptors (Lipinski definition) is 4. The summed E-state index contributed by atoms with van der Waals surface area (Å²) in [7, 11) is 0. The molecule has 2 atom stereocenters. The van der Waals surface area contributed by atoms with Crippen LogP contribution in [0, 0.1) is 25.7 Å². The first-order valence-corrected chi connectivity index (χ1v) is 8.19. The second-order valence-corrected chi connectivity index (χ2v) is 6.35. The van der Waals surface area contributed by atoms with Gasteiger partial charge in [-0.2, -0.15) is 0 Å². The first-order valence-electron chi connectivity index (χ1n) is 8.19. The number of anilines is 1. The summed E-state index contributed by atoms with van der Waals surface area (Å²) in [6.07, 6.45) is 2.65. The van der Waals surface area contributed by atoms with E-state index in [2.05, 4.69) is 10.3 Å². The smallest absolute Gasteiger partial charge is 0.307 e. The molecular formula is C19H20N2O4. The van der Waals surface area contributed by atoms with Crippen molar-refractivity contribution in [1.29, 1.82) is 0 Å². The van der Waals surface area contributed by atoms with Gasteiger partial charge in [0, 0.05) is 6.07 Å². The van der Waals surface area contributed by atoms with Crippen LogP contribution in [-0.2, 0) is 9.59 Å². The Labute approximate surface area is 145 Å². The van der Waals surface area contributed by atoms with Crippen molar-refractivity contribution in [3.63, 3.8) is 0 Å². The molecule has 0 saturated heterocycles. The van der Waals surface area contributed by atoms with Crippen molar-refractivity contribution >= 4 is 17.6 Å². The van der Waals surface area contributed by atoms with Gasteiger partial charge in [0.05, 0.1) is 23.7 Å². The molecule has 1 aromatic heterocycles. The highest BCUT2D eigenvalue weighted by Gasteiger charge is 2.41. The standard InChI is InChI=1S/C19H20N2O4/c1-11-3-5-14(9-12(11)2)25-17-8-4-13(10-20-17)21-18(22)15-6-7-16(15)19(23)24/h3-5,8-10,15-16H,6-7H2,1-2H3,(H,21,22)(H,23,24). The highest BCUT2D eigenvalue weighted by atomic mass is 16.5. The number of aliphatic carboxylic acids is 1. The first kappa shape index (κ1) is 17.0. The van der Waals surface area contributed by atoms with E-state index in [-0.39, 0.29) is 5.91 Å². The zero-order valence-electron chi connectivity index (χ0n) is 14.2. The summed E-state index contributed by atoms with van der Waals surface area (Å²) in [4.78, 5) is 27.3. The zero-order chi connectivity index (χ0) is 18.0. The van der Waals surface area contributed by atoms with Gasteiger partial charge in [-0.15, -0.1) is 0 Å². The fraction of sp³-hybridized carbons (Fsp3) is 0.316. The van der Waals surface area contributed by atoms with E-state index in [1.54, 1.807) is 12.1 Å². The van der Waals surface area contributed by atoms with Crippen molar-refractivity contribution in [1.82, 2.24) is 4.98 Å². The number of carbonyl (C=O) groups is 2. The van der Waals surface area contributed by atoms with E-state index in [0.717, 1.165) is 5.56 Å². The summed E-state index contributed by atoms with van der Waals surface area (Å²) in [5, 5.41) is 11.7. The summed E-state index contributed by atoms with van der Waals surface area (Å²) < 4.78 is 5.70. The molecule has 3 rings (SSSR count). The van der Waals surface area contributed by atoms with Gasteiger partial charge in [0.2, 0.25) is 11.8 Å². The Hall–Kier alpha value is -2.89. The van der Waals surface area contributed by atoms with Crippen LogP contribution in [0.5, 0.6) is 11.6 Å². The van der Waals surface area contributed by atoms with Crippen molar-refractivity contribution < 1.29 is 19.4 Å². The van der Waals surface area contributed by atoms with Crippen LogP contribution in [0.3, 0.4) is 0 Å². The maximum absolute atomic E-state index is 12.1.